The van der Waals surface area contributed by atoms with Crippen molar-refractivity contribution in [2.24, 2.45) is 49.3 Å². The van der Waals surface area contributed by atoms with Crippen molar-refractivity contribution in [1.82, 2.24) is 78.5 Å². The molecule has 0 saturated carbocycles. The Bertz CT molecular complexity index is 4280. The highest BCUT2D eigenvalue weighted by Gasteiger charge is 2.24. The van der Waals surface area contributed by atoms with Gasteiger partial charge >= 0.3 is 0 Å². The number of carbonyl (C=O) groups is 11. The summed E-state index contributed by atoms with van der Waals surface area (Å²) in [6.07, 6.45) is 11.9. The topological polar surface area (TPSA) is 489 Å². The molecule has 42 heteroatoms. The van der Waals surface area contributed by atoms with Gasteiger partial charge in [-0.25, -0.2) is 19.9 Å². The normalized spacial score (nSPS) is 11.1. The fourth-order valence-electron chi connectivity index (χ4n) is 10.5. The van der Waals surface area contributed by atoms with E-state index >= 15 is 0 Å². The number of nitrogens with zero attached hydrogens (tertiary/aromatic N) is 11. The van der Waals surface area contributed by atoms with E-state index in [0.29, 0.717) is 118 Å². The maximum Gasteiger partial charge on any atom is 0.291 e. The Kier molecular flexibility index (Phi) is 37.4. The molecule has 0 aliphatic rings. The number of anilines is 6. The van der Waals surface area contributed by atoms with Crippen LogP contribution in [0.5, 0.6) is 0 Å². The van der Waals surface area contributed by atoms with Gasteiger partial charge in [-0.2, -0.15) is 0 Å². The predicted octanol–water partition coefficient (Wildman–Crippen LogP) is 0.464. The summed E-state index contributed by atoms with van der Waals surface area (Å²) in [5.41, 5.74) is 1.51. The van der Waals surface area contributed by atoms with E-state index in [1.165, 1.54) is 82.8 Å². The maximum atomic E-state index is 13.3. The third-order valence-electron chi connectivity index (χ3n) is 16.1. The molecule has 0 bridgehead atoms. The molecule has 11 N–H and O–H groups in total. The van der Waals surface area contributed by atoms with Gasteiger partial charge < -0.3 is 133 Å². The van der Waals surface area contributed by atoms with Crippen LogP contribution < -0.4 is 58.5 Å². The second kappa shape index (κ2) is 47.6. The molecule has 0 aliphatic heterocycles. The Morgan fingerprint density at radius 3 is 1.05 bits per heavy atom. The molecule has 0 fully saturated rings. The van der Waals surface area contributed by atoms with Crippen molar-refractivity contribution in [3.63, 3.8) is 0 Å². The summed E-state index contributed by atoms with van der Waals surface area (Å²) in [5, 5.41) is 29.4. The molecule has 0 spiro atoms. The Morgan fingerprint density at radius 2 is 0.637 bits per heavy atom. The predicted molar refractivity (Wildman–Crippen MR) is 407 cm³/mol. The molecule has 0 unspecified atom stereocenters. The molecule has 0 aliphatic carbocycles. The number of imidazole rings is 4. The smallest absolute Gasteiger partial charge is 0.291 e. The number of nitrogens with one attached hydrogen (secondary N) is 11. The van der Waals surface area contributed by atoms with Crippen LogP contribution in [0.2, 0.25) is 0 Å². The highest BCUT2D eigenvalue weighted by atomic mass is 16.6. The molecule has 113 heavy (non-hydrogen) atoms. The number of ether oxygens (including phenoxy) is 9. The SMILES string of the molecule is CCOCCOCCOCCOCCOCCOCCOCCOCCOCCNC(=O)CCNC(=O)c1nc(NC(=O)c2cc(NC(=O)CCNC(=O)c3nc(NC(=O)CCCNC(=O)c4cc(NC(=O)c5nc(NC(=O)CCNC(=O)c6cc(NC(=O)c7nccn7C)cn6C)cn5C)cn4C)cn3C)cn2C)cn1C. The zero-order chi connectivity index (χ0) is 81.4. The number of carbonyl (C=O) groups excluding carboxylic acids is 11. The molecule has 42 nitrogen and oxygen atoms in total. The van der Waals surface area contributed by atoms with E-state index in [9.17, 15) is 52.7 Å². The summed E-state index contributed by atoms with van der Waals surface area (Å²) in [6.45, 7) is 10.4. The van der Waals surface area contributed by atoms with Gasteiger partial charge in [-0.1, -0.05) is 0 Å². The second-order valence-electron chi connectivity index (χ2n) is 25.0. The fraction of sp³-hybridized carbons (Fsp3) is 0.507. The number of aryl methyl sites for hydroxylation is 7. The van der Waals surface area contributed by atoms with E-state index in [2.05, 4.69) is 78.4 Å². The average Bonchev–Trinajstić information content (AvgIpc) is 1.66. The van der Waals surface area contributed by atoms with Crippen molar-refractivity contribution < 1.29 is 95.4 Å². The molecule has 0 radical (unpaired) electrons. The van der Waals surface area contributed by atoms with Gasteiger partial charge in [0.25, 0.3) is 41.4 Å². The third kappa shape index (κ3) is 30.9. The van der Waals surface area contributed by atoms with Crippen molar-refractivity contribution in [3.05, 3.63) is 108 Å². The van der Waals surface area contributed by atoms with Gasteiger partial charge in [-0.15, -0.1) is 0 Å². The number of amides is 11. The van der Waals surface area contributed by atoms with E-state index < -0.39 is 59.1 Å². The molecule has 7 aromatic heterocycles. The van der Waals surface area contributed by atoms with Crippen LogP contribution in [-0.4, -0.2) is 269 Å². The van der Waals surface area contributed by atoms with Crippen molar-refractivity contribution in [2.75, 3.05) is 184 Å². The van der Waals surface area contributed by atoms with E-state index in [0.717, 1.165) is 0 Å². The van der Waals surface area contributed by atoms with Gasteiger partial charge in [0.2, 0.25) is 41.1 Å². The van der Waals surface area contributed by atoms with Crippen LogP contribution in [0.1, 0.15) is 113 Å². The summed E-state index contributed by atoms with van der Waals surface area (Å²) in [5.74, 6) is -5.27. The lowest BCUT2D eigenvalue weighted by molar-refractivity contribution is -0.121. The largest absolute Gasteiger partial charge is 0.379 e. The van der Waals surface area contributed by atoms with Crippen molar-refractivity contribution in [3.8, 4) is 0 Å². The fourth-order valence-corrected chi connectivity index (χ4v) is 10.5. The minimum atomic E-state index is -0.638. The average molecular weight is 1580 g/mol. The third-order valence-corrected chi connectivity index (χ3v) is 16.1. The lowest BCUT2D eigenvalue weighted by atomic mass is 10.3. The molecule has 616 valence electrons. The highest BCUT2D eigenvalue weighted by Crippen LogP contribution is 2.20. The monoisotopic (exact) mass is 1580 g/mol. The van der Waals surface area contributed by atoms with Gasteiger partial charge in [0.15, 0.2) is 23.3 Å². The van der Waals surface area contributed by atoms with Gasteiger partial charge in [0.1, 0.15) is 17.1 Å². The number of hydrogen-bond donors (Lipinski definition) is 11. The summed E-state index contributed by atoms with van der Waals surface area (Å²) >= 11 is 0. The van der Waals surface area contributed by atoms with E-state index in [-0.39, 0.29) is 147 Å². The Morgan fingerprint density at radius 1 is 0.301 bits per heavy atom. The number of aromatic nitrogens is 11. The zero-order valence-corrected chi connectivity index (χ0v) is 64.7. The minimum Gasteiger partial charge on any atom is -0.379 e. The molecule has 0 aromatic carbocycles. The molecular formula is C71H102N22O20. The van der Waals surface area contributed by atoms with Gasteiger partial charge in [-0.3, -0.25) is 52.7 Å². The second-order valence-corrected chi connectivity index (χ2v) is 25.0. The summed E-state index contributed by atoms with van der Waals surface area (Å²) in [4.78, 5) is 159. The van der Waals surface area contributed by atoms with E-state index in [1.807, 2.05) is 6.92 Å². The van der Waals surface area contributed by atoms with Crippen LogP contribution in [0.25, 0.3) is 0 Å². The lowest BCUT2D eigenvalue weighted by Crippen LogP contribution is -2.33. The highest BCUT2D eigenvalue weighted by molar-refractivity contribution is 6.06. The standard InChI is InChI=1S/C71H102N22O20/c1-9-105-23-24-107-27-28-109-31-32-111-35-36-113-38-37-112-34-33-110-30-29-108-26-25-106-22-20-72-57(94)12-16-76-69(102)63-85-56(47-92(63)7)86-67(100)53-39-48(42-90(53)5)78-59(96)13-18-77-68(101)62-83-54(45-91(62)6)81-58(95)11-10-15-74-65(98)51-41-50(44-88(51)3)80-71(104)64-84-55(46-93(64)8)82-60(97)14-17-75-66(99)52-40-49(43-89(52)4)79-70(103)61-73-19-21-87(61)2/h19,21,39-47H,9-18,20,22-38H2,1-8H3,(H,72,94)(H,74,98)(H,75,99)(H,76,102)(H,77,101)(H,78,96)(H,79,103)(H,80,104)(H,81,95)(H,82,97)(H,86,100). The quantitative estimate of drug-likeness (QED) is 0.0231. The lowest BCUT2D eigenvalue weighted by Gasteiger charge is -2.09. The van der Waals surface area contributed by atoms with Crippen molar-refractivity contribution in [1.29, 1.82) is 0 Å². The van der Waals surface area contributed by atoms with Crippen LogP contribution in [0.3, 0.4) is 0 Å². The maximum absolute atomic E-state index is 13.3. The molecule has 7 aromatic rings. The first-order valence-corrected chi connectivity index (χ1v) is 36.5. The first kappa shape index (κ1) is 88.7. The summed E-state index contributed by atoms with van der Waals surface area (Å²) in [6, 6.07) is 4.38. The number of rotatable bonds is 54. The summed E-state index contributed by atoms with van der Waals surface area (Å²) in [7, 11) is 11.2. The van der Waals surface area contributed by atoms with Crippen LogP contribution in [0.4, 0.5) is 34.5 Å². The first-order chi connectivity index (χ1) is 54.5. The Balaban J connectivity index is 0.679. The van der Waals surface area contributed by atoms with Crippen LogP contribution in [0.15, 0.2) is 67.8 Å². The summed E-state index contributed by atoms with van der Waals surface area (Å²) < 4.78 is 59.3. The van der Waals surface area contributed by atoms with Crippen molar-refractivity contribution in [2.45, 2.75) is 39.0 Å². The zero-order valence-electron chi connectivity index (χ0n) is 64.7. The molecule has 0 atom stereocenters. The van der Waals surface area contributed by atoms with Crippen LogP contribution in [-0.2, 0) is 111 Å². The van der Waals surface area contributed by atoms with E-state index in [1.54, 1.807) is 66.3 Å². The van der Waals surface area contributed by atoms with E-state index in [4.69, 9.17) is 42.6 Å². The Labute approximate surface area is 651 Å². The molecule has 7 heterocycles. The van der Waals surface area contributed by atoms with Crippen LogP contribution in [0, 0.1) is 0 Å². The van der Waals surface area contributed by atoms with Crippen LogP contribution >= 0.6 is 0 Å². The van der Waals surface area contributed by atoms with Gasteiger partial charge in [0.05, 0.1) is 129 Å². The minimum absolute atomic E-state index is 0.00824. The molecular weight excluding hydrogens is 1480 g/mol. The van der Waals surface area contributed by atoms with Crippen molar-refractivity contribution >= 4 is 99.5 Å². The molecule has 0 saturated heterocycles. The molecule has 7 rings (SSSR count). The van der Waals surface area contributed by atoms with Gasteiger partial charge in [0, 0.05) is 164 Å². The van der Waals surface area contributed by atoms with Gasteiger partial charge in [-0.05, 0) is 31.5 Å². The first-order valence-electron chi connectivity index (χ1n) is 36.5. The number of hydrogen-bond acceptors (Lipinski definition) is 24. The molecule has 11 amide bonds. The Hall–Kier alpha value is -11.5.